The van der Waals surface area contributed by atoms with Crippen molar-refractivity contribution in [1.82, 2.24) is 9.78 Å². The van der Waals surface area contributed by atoms with Gasteiger partial charge < -0.3 is 0 Å². The number of aromatic nitrogens is 2. The Morgan fingerprint density at radius 2 is 2.12 bits per heavy atom. The minimum atomic E-state index is 0.330. The van der Waals surface area contributed by atoms with Crippen molar-refractivity contribution in [3.05, 3.63) is 17.5 Å². The lowest BCUT2D eigenvalue weighted by Gasteiger charge is -2.07. The molecule has 0 fully saturated rings. The summed E-state index contributed by atoms with van der Waals surface area (Å²) in [6, 6.07) is 2.07. The van der Waals surface area contributed by atoms with Gasteiger partial charge in [0.1, 0.15) is 5.78 Å². The number of Topliss-reactive ketones (excluding diaryl/α,β-unsaturated/α-hetero) is 1. The average molecular weight is 236 g/mol. The average Bonchev–Trinajstić information content (AvgIpc) is 2.70. The zero-order chi connectivity index (χ0) is 12.8. The van der Waals surface area contributed by atoms with Gasteiger partial charge in [0.15, 0.2) is 0 Å². The maximum Gasteiger partial charge on any atom is 0.139 e. The first-order valence-corrected chi connectivity index (χ1v) is 6.67. The number of rotatable bonds is 7. The van der Waals surface area contributed by atoms with Crippen LogP contribution in [0.25, 0.3) is 0 Å². The van der Waals surface area contributed by atoms with Gasteiger partial charge in [-0.1, -0.05) is 27.2 Å². The molecule has 0 saturated carbocycles. The van der Waals surface area contributed by atoms with E-state index in [1.165, 1.54) is 0 Å². The third-order valence-electron chi connectivity index (χ3n) is 3.23. The standard InChI is InChI=1S/C14H24N2O/c1-5-11(4)8-14(17)10-13-9-12(6-2)15-16(13)7-3/h9,11H,5-8,10H2,1-4H3. The summed E-state index contributed by atoms with van der Waals surface area (Å²) in [5.41, 5.74) is 2.15. The van der Waals surface area contributed by atoms with Crippen LogP contribution in [-0.4, -0.2) is 15.6 Å². The second-order valence-electron chi connectivity index (χ2n) is 4.73. The highest BCUT2D eigenvalue weighted by Gasteiger charge is 2.12. The van der Waals surface area contributed by atoms with Crippen LogP contribution in [0.3, 0.4) is 0 Å². The summed E-state index contributed by atoms with van der Waals surface area (Å²) in [4.78, 5) is 11.9. The summed E-state index contributed by atoms with van der Waals surface area (Å²) >= 11 is 0. The number of carbonyl (C=O) groups is 1. The lowest BCUT2D eigenvalue weighted by Crippen LogP contribution is -2.11. The third kappa shape index (κ3) is 3.99. The summed E-state index contributed by atoms with van der Waals surface area (Å²) in [5.74, 6) is 0.822. The number of hydrogen-bond donors (Lipinski definition) is 0. The molecule has 1 atom stereocenters. The second-order valence-corrected chi connectivity index (χ2v) is 4.73. The normalized spacial score (nSPS) is 12.7. The largest absolute Gasteiger partial charge is 0.299 e. The molecule has 1 rings (SSSR count). The van der Waals surface area contributed by atoms with Crippen molar-refractivity contribution in [3.8, 4) is 0 Å². The predicted molar refractivity (Wildman–Crippen MR) is 70.1 cm³/mol. The van der Waals surface area contributed by atoms with Crippen molar-refractivity contribution in [2.45, 2.75) is 59.9 Å². The molecule has 0 aromatic carbocycles. The van der Waals surface area contributed by atoms with E-state index in [1.807, 2.05) is 4.68 Å². The molecule has 96 valence electrons. The topological polar surface area (TPSA) is 34.9 Å². The quantitative estimate of drug-likeness (QED) is 0.729. The van der Waals surface area contributed by atoms with Crippen LogP contribution in [0.2, 0.25) is 0 Å². The van der Waals surface area contributed by atoms with Crippen LogP contribution in [0, 0.1) is 5.92 Å². The molecule has 0 aliphatic rings. The number of ketones is 1. The van der Waals surface area contributed by atoms with Crippen LogP contribution >= 0.6 is 0 Å². The van der Waals surface area contributed by atoms with Crippen LogP contribution in [0.1, 0.15) is 51.9 Å². The van der Waals surface area contributed by atoms with Crippen molar-refractivity contribution >= 4 is 5.78 Å². The molecule has 0 aliphatic carbocycles. The Bertz CT molecular complexity index is 368. The Labute approximate surface area is 104 Å². The molecule has 3 heteroatoms. The van der Waals surface area contributed by atoms with Crippen molar-refractivity contribution in [3.63, 3.8) is 0 Å². The summed E-state index contributed by atoms with van der Waals surface area (Å²) in [6.07, 6.45) is 3.22. The van der Waals surface area contributed by atoms with E-state index in [1.54, 1.807) is 0 Å². The predicted octanol–water partition coefficient (Wildman–Crippen LogP) is 3.01. The van der Waals surface area contributed by atoms with Crippen LogP contribution in [0.5, 0.6) is 0 Å². The van der Waals surface area contributed by atoms with Crippen LogP contribution in [0.4, 0.5) is 0 Å². The van der Waals surface area contributed by atoms with Gasteiger partial charge in [-0.3, -0.25) is 9.48 Å². The minimum absolute atomic E-state index is 0.330. The lowest BCUT2D eigenvalue weighted by atomic mass is 9.99. The molecule has 0 spiro atoms. The fourth-order valence-electron chi connectivity index (χ4n) is 1.91. The fraction of sp³-hybridized carbons (Fsp3) is 0.714. The van der Waals surface area contributed by atoms with E-state index in [-0.39, 0.29) is 0 Å². The smallest absolute Gasteiger partial charge is 0.139 e. The highest BCUT2D eigenvalue weighted by molar-refractivity contribution is 5.80. The van der Waals surface area contributed by atoms with E-state index in [0.717, 1.165) is 30.8 Å². The van der Waals surface area contributed by atoms with E-state index in [9.17, 15) is 4.79 Å². The van der Waals surface area contributed by atoms with Crippen molar-refractivity contribution < 1.29 is 4.79 Å². The van der Waals surface area contributed by atoms with Gasteiger partial charge in [0, 0.05) is 25.1 Å². The SMILES string of the molecule is CCc1cc(CC(=O)CC(C)CC)n(CC)n1. The zero-order valence-corrected chi connectivity index (χ0v) is 11.5. The molecule has 1 aromatic heterocycles. The van der Waals surface area contributed by atoms with Gasteiger partial charge in [0.25, 0.3) is 0 Å². The number of aryl methyl sites for hydroxylation is 2. The maximum atomic E-state index is 11.9. The highest BCUT2D eigenvalue weighted by atomic mass is 16.1. The summed E-state index contributed by atoms with van der Waals surface area (Å²) in [5, 5.41) is 4.46. The van der Waals surface area contributed by atoms with Gasteiger partial charge >= 0.3 is 0 Å². The first-order chi connectivity index (χ1) is 8.10. The van der Waals surface area contributed by atoms with E-state index in [4.69, 9.17) is 0 Å². The Morgan fingerprint density at radius 3 is 2.65 bits per heavy atom. The van der Waals surface area contributed by atoms with Crippen LogP contribution < -0.4 is 0 Å². The van der Waals surface area contributed by atoms with Gasteiger partial charge in [-0.15, -0.1) is 0 Å². The van der Waals surface area contributed by atoms with Gasteiger partial charge in [0.05, 0.1) is 5.69 Å². The van der Waals surface area contributed by atoms with Crippen molar-refractivity contribution in [2.75, 3.05) is 0 Å². The second kappa shape index (κ2) is 6.58. The summed E-state index contributed by atoms with van der Waals surface area (Å²) in [7, 11) is 0. The first kappa shape index (κ1) is 13.9. The molecule has 0 saturated heterocycles. The van der Waals surface area contributed by atoms with E-state index in [2.05, 4.69) is 38.9 Å². The third-order valence-corrected chi connectivity index (χ3v) is 3.23. The van der Waals surface area contributed by atoms with Crippen molar-refractivity contribution in [2.24, 2.45) is 5.92 Å². The molecule has 17 heavy (non-hydrogen) atoms. The Kier molecular flexibility index (Phi) is 5.39. The van der Waals surface area contributed by atoms with Crippen LogP contribution in [-0.2, 0) is 24.2 Å². The molecule has 0 N–H and O–H groups in total. The zero-order valence-electron chi connectivity index (χ0n) is 11.5. The Morgan fingerprint density at radius 1 is 1.41 bits per heavy atom. The molecule has 1 heterocycles. The summed E-state index contributed by atoms with van der Waals surface area (Å²) in [6.45, 7) is 9.25. The minimum Gasteiger partial charge on any atom is -0.299 e. The van der Waals surface area contributed by atoms with Gasteiger partial charge in [0.2, 0.25) is 0 Å². The maximum absolute atomic E-state index is 11.9. The monoisotopic (exact) mass is 236 g/mol. The molecule has 0 aliphatic heterocycles. The van der Waals surface area contributed by atoms with Crippen LogP contribution in [0.15, 0.2) is 6.07 Å². The molecular weight excluding hydrogens is 212 g/mol. The molecule has 3 nitrogen and oxygen atoms in total. The first-order valence-electron chi connectivity index (χ1n) is 6.67. The molecule has 1 unspecified atom stereocenters. The number of hydrogen-bond acceptors (Lipinski definition) is 2. The van der Waals surface area contributed by atoms with Gasteiger partial charge in [-0.25, -0.2) is 0 Å². The molecule has 0 amide bonds. The van der Waals surface area contributed by atoms with E-state index >= 15 is 0 Å². The van der Waals surface area contributed by atoms with Crippen molar-refractivity contribution in [1.29, 1.82) is 0 Å². The van der Waals surface area contributed by atoms with Gasteiger partial charge in [-0.05, 0) is 25.3 Å². The molecular formula is C14H24N2O. The number of nitrogens with zero attached hydrogens (tertiary/aromatic N) is 2. The molecule has 1 aromatic rings. The summed E-state index contributed by atoms with van der Waals surface area (Å²) < 4.78 is 1.95. The molecule has 0 bridgehead atoms. The highest BCUT2D eigenvalue weighted by Crippen LogP contribution is 2.12. The lowest BCUT2D eigenvalue weighted by molar-refractivity contribution is -0.119. The van der Waals surface area contributed by atoms with E-state index in [0.29, 0.717) is 24.5 Å². The Hall–Kier alpha value is -1.12. The molecule has 0 radical (unpaired) electrons. The van der Waals surface area contributed by atoms with E-state index < -0.39 is 0 Å². The van der Waals surface area contributed by atoms with Gasteiger partial charge in [-0.2, -0.15) is 5.10 Å². The fourth-order valence-corrected chi connectivity index (χ4v) is 1.91. The Balaban J connectivity index is 2.66. The number of carbonyl (C=O) groups excluding carboxylic acids is 1.